The lowest BCUT2D eigenvalue weighted by Gasteiger charge is -2.13. The van der Waals surface area contributed by atoms with Gasteiger partial charge in [-0.3, -0.25) is 0 Å². The van der Waals surface area contributed by atoms with E-state index >= 15 is 0 Å². The maximum Gasteiger partial charge on any atom is 0.133 e. The van der Waals surface area contributed by atoms with Gasteiger partial charge in [0.1, 0.15) is 4.32 Å². The molecular weight excluding hydrogens is 140 g/mol. The van der Waals surface area contributed by atoms with Crippen LogP contribution in [0.1, 0.15) is 0 Å². The van der Waals surface area contributed by atoms with E-state index in [4.69, 9.17) is 18.0 Å². The number of thiol groups is 1. The van der Waals surface area contributed by atoms with Gasteiger partial charge in [0.05, 0.1) is 0 Å². The molecule has 0 saturated carbocycles. The van der Waals surface area contributed by atoms with Crippen LogP contribution in [0.3, 0.4) is 0 Å². The van der Waals surface area contributed by atoms with E-state index in [9.17, 15) is 0 Å². The third kappa shape index (κ3) is 3.23. The van der Waals surface area contributed by atoms with Crippen LogP contribution in [0.25, 0.3) is 0 Å². The van der Waals surface area contributed by atoms with Gasteiger partial charge in [-0.1, -0.05) is 12.2 Å². The number of likely N-dealkylation sites (N-methyl/N-ethyl adjacent to an activating group) is 1. The highest BCUT2D eigenvalue weighted by Gasteiger charge is 1.93. The number of hydrogen-bond acceptors (Lipinski definition) is 2. The highest BCUT2D eigenvalue weighted by Crippen LogP contribution is 1.89. The Morgan fingerprint density at radius 1 is 1.88 bits per heavy atom. The summed E-state index contributed by atoms with van der Waals surface area (Å²) in [5.41, 5.74) is 5.23. The first kappa shape index (κ1) is 8.20. The van der Waals surface area contributed by atoms with Crippen molar-refractivity contribution in [1.82, 2.24) is 4.90 Å². The van der Waals surface area contributed by atoms with Gasteiger partial charge in [0.15, 0.2) is 0 Å². The topological polar surface area (TPSA) is 29.3 Å². The Bertz CT molecular complexity index is 84.1. The summed E-state index contributed by atoms with van der Waals surface area (Å²) < 4.78 is 0.593. The molecule has 0 spiro atoms. The lowest BCUT2D eigenvalue weighted by Crippen LogP contribution is -2.27. The molecule has 0 heterocycles. The Morgan fingerprint density at radius 2 is 2.38 bits per heavy atom. The van der Waals surface area contributed by atoms with Crippen LogP contribution in [-0.4, -0.2) is 29.4 Å². The Labute approximate surface area is 60.4 Å². The maximum absolute atomic E-state index is 5.23. The average Bonchev–Trinajstić information content (AvgIpc) is 1.67. The van der Waals surface area contributed by atoms with E-state index in [0.29, 0.717) is 10.9 Å². The van der Waals surface area contributed by atoms with Gasteiger partial charge >= 0.3 is 0 Å². The standard InChI is InChI=1S/C4H10N2S2/c1-6(3-2-5)4(7)8/h2-3,5H2,1H3,(H,7,8). The first-order valence-corrected chi connectivity index (χ1v) is 3.18. The molecule has 8 heavy (non-hydrogen) atoms. The van der Waals surface area contributed by atoms with Gasteiger partial charge < -0.3 is 10.6 Å². The van der Waals surface area contributed by atoms with Crippen LogP contribution in [0, 0.1) is 0 Å². The summed E-state index contributed by atoms with van der Waals surface area (Å²) in [6.45, 7) is 1.40. The predicted molar refractivity (Wildman–Crippen MR) is 43.3 cm³/mol. The summed E-state index contributed by atoms with van der Waals surface area (Å²) in [7, 11) is 1.86. The summed E-state index contributed by atoms with van der Waals surface area (Å²) in [6, 6.07) is 0. The molecule has 0 fully saturated rings. The molecule has 0 atom stereocenters. The van der Waals surface area contributed by atoms with Gasteiger partial charge in [-0.15, -0.1) is 12.6 Å². The summed E-state index contributed by atoms with van der Waals surface area (Å²) in [6.07, 6.45) is 0. The van der Waals surface area contributed by atoms with Crippen LogP contribution >= 0.6 is 24.8 Å². The molecule has 2 nitrogen and oxygen atoms in total. The second kappa shape index (κ2) is 4.12. The minimum atomic E-state index is 0.593. The SMILES string of the molecule is CN(CCN)C(=S)S. The van der Waals surface area contributed by atoms with Crippen LogP contribution in [-0.2, 0) is 0 Å². The third-order valence-corrected chi connectivity index (χ3v) is 1.44. The molecule has 0 aliphatic rings. The molecule has 0 aliphatic carbocycles. The zero-order valence-electron chi connectivity index (χ0n) is 4.79. The molecule has 0 bridgehead atoms. The van der Waals surface area contributed by atoms with Crippen molar-refractivity contribution >= 4 is 29.2 Å². The summed E-state index contributed by atoms with van der Waals surface area (Å²) >= 11 is 8.65. The Balaban J connectivity index is 3.32. The Kier molecular flexibility index (Phi) is 4.22. The molecule has 0 aromatic carbocycles. The molecule has 48 valence electrons. The van der Waals surface area contributed by atoms with E-state index in [2.05, 4.69) is 12.6 Å². The Hall–Kier alpha value is 0.200. The number of rotatable bonds is 2. The minimum absolute atomic E-state index is 0.593. The van der Waals surface area contributed by atoms with E-state index < -0.39 is 0 Å². The van der Waals surface area contributed by atoms with Crippen molar-refractivity contribution in [3.63, 3.8) is 0 Å². The molecule has 0 radical (unpaired) electrons. The number of hydrogen-bond donors (Lipinski definition) is 2. The molecule has 0 aliphatic heterocycles. The second-order valence-corrected chi connectivity index (χ2v) is 2.61. The number of nitrogens with zero attached hydrogens (tertiary/aromatic N) is 1. The van der Waals surface area contributed by atoms with E-state index in [1.807, 2.05) is 11.9 Å². The van der Waals surface area contributed by atoms with E-state index in [0.717, 1.165) is 6.54 Å². The van der Waals surface area contributed by atoms with Crippen molar-refractivity contribution in [3.8, 4) is 0 Å². The number of thiocarbonyl (C=S) groups is 1. The van der Waals surface area contributed by atoms with E-state index in [1.165, 1.54) is 0 Å². The minimum Gasteiger partial charge on any atom is -0.360 e. The van der Waals surface area contributed by atoms with Crippen molar-refractivity contribution < 1.29 is 0 Å². The van der Waals surface area contributed by atoms with Crippen molar-refractivity contribution in [2.24, 2.45) is 5.73 Å². The maximum atomic E-state index is 5.23. The molecule has 4 heteroatoms. The quantitative estimate of drug-likeness (QED) is 0.432. The third-order valence-electron chi connectivity index (χ3n) is 0.791. The molecule has 0 aromatic heterocycles. The van der Waals surface area contributed by atoms with E-state index in [-0.39, 0.29) is 0 Å². The highest BCUT2D eigenvalue weighted by molar-refractivity contribution is 8.10. The predicted octanol–water partition coefficient (Wildman–Crippen LogP) is 0.0916. The molecule has 2 N–H and O–H groups in total. The van der Waals surface area contributed by atoms with Gasteiger partial charge in [0.25, 0.3) is 0 Å². The second-order valence-electron chi connectivity index (χ2n) is 1.49. The van der Waals surface area contributed by atoms with Crippen molar-refractivity contribution in [3.05, 3.63) is 0 Å². The first-order chi connectivity index (χ1) is 3.68. The smallest absolute Gasteiger partial charge is 0.133 e. The van der Waals surface area contributed by atoms with Crippen molar-refractivity contribution in [1.29, 1.82) is 0 Å². The summed E-state index contributed by atoms with van der Waals surface area (Å²) in [5.74, 6) is 0. The normalized spacial score (nSPS) is 8.88. The lowest BCUT2D eigenvalue weighted by molar-refractivity contribution is 0.534. The van der Waals surface area contributed by atoms with Crippen LogP contribution in [0.4, 0.5) is 0 Å². The molecule has 0 amide bonds. The van der Waals surface area contributed by atoms with Crippen molar-refractivity contribution in [2.75, 3.05) is 20.1 Å². The van der Waals surface area contributed by atoms with Gasteiger partial charge in [0.2, 0.25) is 0 Å². The highest BCUT2D eigenvalue weighted by atomic mass is 32.1. The average molecular weight is 150 g/mol. The van der Waals surface area contributed by atoms with Gasteiger partial charge in [-0.05, 0) is 0 Å². The summed E-state index contributed by atoms with van der Waals surface area (Å²) in [5, 5.41) is 0. The lowest BCUT2D eigenvalue weighted by atomic mass is 10.6. The monoisotopic (exact) mass is 150 g/mol. The van der Waals surface area contributed by atoms with Crippen LogP contribution < -0.4 is 5.73 Å². The van der Waals surface area contributed by atoms with Gasteiger partial charge in [0, 0.05) is 20.1 Å². The number of nitrogens with two attached hydrogens (primary N) is 1. The van der Waals surface area contributed by atoms with E-state index in [1.54, 1.807) is 0 Å². The fourth-order valence-electron chi connectivity index (χ4n) is 0.289. The fourth-order valence-corrected chi connectivity index (χ4v) is 0.481. The largest absolute Gasteiger partial charge is 0.360 e. The molecular formula is C4H10N2S2. The molecule has 0 saturated heterocycles. The molecule has 0 unspecified atom stereocenters. The Morgan fingerprint density at radius 3 is 2.50 bits per heavy atom. The van der Waals surface area contributed by atoms with Crippen LogP contribution in [0.2, 0.25) is 0 Å². The van der Waals surface area contributed by atoms with Gasteiger partial charge in [-0.25, -0.2) is 0 Å². The van der Waals surface area contributed by atoms with Crippen molar-refractivity contribution in [2.45, 2.75) is 0 Å². The zero-order chi connectivity index (χ0) is 6.57. The molecule has 0 rings (SSSR count). The van der Waals surface area contributed by atoms with Crippen LogP contribution in [0.15, 0.2) is 0 Å². The van der Waals surface area contributed by atoms with Crippen LogP contribution in [0.5, 0.6) is 0 Å². The zero-order valence-corrected chi connectivity index (χ0v) is 6.51. The fraction of sp³-hybridized carbons (Fsp3) is 0.750. The first-order valence-electron chi connectivity index (χ1n) is 2.32. The summed E-state index contributed by atoms with van der Waals surface area (Å²) in [4.78, 5) is 1.82. The molecule has 0 aromatic rings. The van der Waals surface area contributed by atoms with Gasteiger partial charge in [-0.2, -0.15) is 0 Å².